The maximum atomic E-state index is 12.2. The lowest BCUT2D eigenvalue weighted by Gasteiger charge is -2.09. The van der Waals surface area contributed by atoms with Crippen molar-refractivity contribution in [2.75, 3.05) is 11.9 Å². The van der Waals surface area contributed by atoms with Crippen LogP contribution in [0.1, 0.15) is 24.8 Å². The van der Waals surface area contributed by atoms with Crippen molar-refractivity contribution in [3.05, 3.63) is 63.7 Å². The molecule has 33 heavy (non-hydrogen) atoms. The molecule has 1 aromatic carbocycles. The summed E-state index contributed by atoms with van der Waals surface area (Å²) in [5.74, 6) is 0.336. The standard InChI is InChI=1S/C22H19N3O7S/c1-2-29-22(28)23-14-5-6-15-13(10-20(27)31-16(15)11-14)12-30-19(26)8-7-18-24-21(25-32-18)17-4-3-9-33-17/h3-6,9-11H,2,7-8,12H2,1H3,(H,23,28). The highest BCUT2D eigenvalue weighted by Gasteiger charge is 2.14. The predicted molar refractivity (Wildman–Crippen MR) is 119 cm³/mol. The largest absolute Gasteiger partial charge is 0.461 e. The third kappa shape index (κ3) is 5.63. The Labute approximate surface area is 191 Å². The molecule has 3 heterocycles. The topological polar surface area (TPSA) is 134 Å². The zero-order valence-corrected chi connectivity index (χ0v) is 18.3. The number of hydrogen-bond acceptors (Lipinski definition) is 10. The number of carbonyl (C=O) groups excluding carboxylic acids is 2. The first-order valence-electron chi connectivity index (χ1n) is 10.0. The summed E-state index contributed by atoms with van der Waals surface area (Å²) >= 11 is 1.49. The van der Waals surface area contributed by atoms with E-state index in [0.717, 1.165) is 4.88 Å². The fourth-order valence-corrected chi connectivity index (χ4v) is 3.66. The van der Waals surface area contributed by atoms with Crippen molar-refractivity contribution in [3.8, 4) is 10.7 Å². The average molecular weight is 469 g/mol. The molecule has 10 nitrogen and oxygen atoms in total. The van der Waals surface area contributed by atoms with Crippen LogP contribution in [-0.2, 0) is 27.3 Å². The SMILES string of the molecule is CCOC(=O)Nc1ccc2c(COC(=O)CCc3nc(-c4cccs4)no3)cc(=O)oc2c1. The van der Waals surface area contributed by atoms with Crippen LogP contribution in [0.15, 0.2) is 55.5 Å². The van der Waals surface area contributed by atoms with Crippen LogP contribution in [0.5, 0.6) is 0 Å². The lowest BCUT2D eigenvalue weighted by atomic mass is 10.1. The molecule has 0 fully saturated rings. The lowest BCUT2D eigenvalue weighted by Crippen LogP contribution is -2.13. The van der Waals surface area contributed by atoms with Crippen molar-refractivity contribution >= 4 is 40.1 Å². The third-order valence-electron chi connectivity index (χ3n) is 4.49. The van der Waals surface area contributed by atoms with E-state index in [0.29, 0.717) is 28.4 Å². The summed E-state index contributed by atoms with van der Waals surface area (Å²) in [6.45, 7) is 1.80. The molecule has 1 N–H and O–H groups in total. The highest BCUT2D eigenvalue weighted by molar-refractivity contribution is 7.13. The van der Waals surface area contributed by atoms with Gasteiger partial charge in [-0.25, -0.2) is 9.59 Å². The van der Waals surface area contributed by atoms with Crippen molar-refractivity contribution in [2.45, 2.75) is 26.4 Å². The minimum Gasteiger partial charge on any atom is -0.461 e. The van der Waals surface area contributed by atoms with Crippen LogP contribution in [0, 0.1) is 0 Å². The van der Waals surface area contributed by atoms with Gasteiger partial charge in [0.2, 0.25) is 11.7 Å². The minimum atomic E-state index is -0.618. The molecule has 1 amide bonds. The summed E-state index contributed by atoms with van der Waals surface area (Å²) in [4.78, 5) is 40.9. The number of aromatic nitrogens is 2. The molecular weight excluding hydrogens is 450 g/mol. The Balaban J connectivity index is 1.37. The predicted octanol–water partition coefficient (Wildman–Crippen LogP) is 4.15. The molecule has 3 aromatic heterocycles. The van der Waals surface area contributed by atoms with Gasteiger partial charge < -0.3 is 18.4 Å². The lowest BCUT2D eigenvalue weighted by molar-refractivity contribution is -0.145. The van der Waals surface area contributed by atoms with Crippen molar-refractivity contribution in [1.29, 1.82) is 0 Å². The summed E-state index contributed by atoms with van der Waals surface area (Å²) in [5, 5.41) is 8.93. The first-order valence-corrected chi connectivity index (χ1v) is 10.9. The summed E-state index contributed by atoms with van der Waals surface area (Å²) in [7, 11) is 0. The van der Waals surface area contributed by atoms with Gasteiger partial charge in [0, 0.05) is 35.2 Å². The third-order valence-corrected chi connectivity index (χ3v) is 5.36. The van der Waals surface area contributed by atoms with E-state index >= 15 is 0 Å². The number of thiophene rings is 1. The molecule has 0 aliphatic rings. The zero-order chi connectivity index (χ0) is 23.2. The number of nitrogens with one attached hydrogen (secondary N) is 1. The van der Waals surface area contributed by atoms with Gasteiger partial charge in [0.1, 0.15) is 12.2 Å². The van der Waals surface area contributed by atoms with Crippen molar-refractivity contribution < 1.29 is 28.0 Å². The number of carbonyl (C=O) groups is 2. The molecule has 0 saturated heterocycles. The van der Waals surface area contributed by atoms with Gasteiger partial charge in [-0.2, -0.15) is 4.98 Å². The number of benzene rings is 1. The highest BCUT2D eigenvalue weighted by atomic mass is 32.1. The molecule has 4 aromatic rings. The van der Waals surface area contributed by atoms with Crippen LogP contribution >= 0.6 is 11.3 Å². The van der Waals surface area contributed by atoms with Gasteiger partial charge in [-0.15, -0.1) is 11.3 Å². The Morgan fingerprint density at radius 3 is 2.85 bits per heavy atom. The van der Waals surface area contributed by atoms with E-state index in [-0.39, 0.29) is 31.6 Å². The second kappa shape index (κ2) is 10.1. The molecule has 0 unspecified atom stereocenters. The number of rotatable bonds is 8. The first-order chi connectivity index (χ1) is 16.0. The molecule has 4 rings (SSSR count). The van der Waals surface area contributed by atoms with Crippen molar-refractivity contribution in [2.24, 2.45) is 0 Å². The quantitative estimate of drug-likeness (QED) is 0.298. The fourth-order valence-electron chi connectivity index (χ4n) is 3.01. The van der Waals surface area contributed by atoms with Gasteiger partial charge in [-0.3, -0.25) is 10.1 Å². The Morgan fingerprint density at radius 2 is 2.06 bits per heavy atom. The van der Waals surface area contributed by atoms with E-state index in [1.165, 1.54) is 23.5 Å². The summed E-state index contributed by atoms with van der Waals surface area (Å²) in [6, 6.07) is 9.82. The van der Waals surface area contributed by atoms with Gasteiger partial charge >= 0.3 is 17.7 Å². The minimum absolute atomic E-state index is 0.0407. The number of hydrogen-bond donors (Lipinski definition) is 1. The van der Waals surface area contributed by atoms with Crippen molar-refractivity contribution in [3.63, 3.8) is 0 Å². The van der Waals surface area contributed by atoms with E-state index in [2.05, 4.69) is 15.5 Å². The number of nitrogens with zero attached hydrogens (tertiary/aromatic N) is 2. The van der Waals surface area contributed by atoms with Crippen LogP contribution < -0.4 is 10.9 Å². The summed E-state index contributed by atoms with van der Waals surface area (Å²) in [5.41, 5.74) is 0.526. The van der Waals surface area contributed by atoms with Gasteiger partial charge in [0.05, 0.1) is 17.9 Å². The first kappa shape index (κ1) is 22.2. The number of aryl methyl sites for hydroxylation is 1. The van der Waals surface area contributed by atoms with Crippen LogP contribution in [0.2, 0.25) is 0 Å². The number of ether oxygens (including phenoxy) is 2. The Morgan fingerprint density at radius 1 is 1.18 bits per heavy atom. The van der Waals surface area contributed by atoms with E-state index in [9.17, 15) is 14.4 Å². The second-order valence-electron chi connectivity index (χ2n) is 6.80. The molecule has 0 saturated carbocycles. The zero-order valence-electron chi connectivity index (χ0n) is 17.5. The molecule has 0 aliphatic heterocycles. The number of amides is 1. The number of anilines is 1. The van der Waals surface area contributed by atoms with Crippen LogP contribution in [0.3, 0.4) is 0 Å². The van der Waals surface area contributed by atoms with Crippen LogP contribution in [0.4, 0.5) is 10.5 Å². The molecule has 0 atom stereocenters. The Hall–Kier alpha value is -3.99. The van der Waals surface area contributed by atoms with Crippen LogP contribution in [0.25, 0.3) is 21.7 Å². The molecule has 0 aliphatic carbocycles. The highest BCUT2D eigenvalue weighted by Crippen LogP contribution is 2.23. The van der Waals surface area contributed by atoms with E-state index in [4.69, 9.17) is 18.4 Å². The van der Waals surface area contributed by atoms with Gasteiger partial charge in [-0.05, 0) is 30.5 Å². The Kier molecular flexibility index (Phi) is 6.79. The molecule has 11 heteroatoms. The molecule has 0 radical (unpaired) electrons. The molecule has 0 bridgehead atoms. The smallest absolute Gasteiger partial charge is 0.411 e. The van der Waals surface area contributed by atoms with Crippen molar-refractivity contribution in [1.82, 2.24) is 10.1 Å². The fraction of sp³-hybridized carbons (Fsp3) is 0.227. The van der Waals surface area contributed by atoms with Gasteiger partial charge in [0.25, 0.3) is 0 Å². The van der Waals surface area contributed by atoms with E-state index in [1.807, 2.05) is 17.5 Å². The normalized spacial score (nSPS) is 10.8. The maximum absolute atomic E-state index is 12.2. The second-order valence-corrected chi connectivity index (χ2v) is 7.74. The maximum Gasteiger partial charge on any atom is 0.411 e. The molecule has 170 valence electrons. The van der Waals surface area contributed by atoms with E-state index in [1.54, 1.807) is 19.1 Å². The van der Waals surface area contributed by atoms with E-state index < -0.39 is 17.7 Å². The Bertz CT molecular complexity index is 1330. The average Bonchev–Trinajstić information content (AvgIpc) is 3.47. The number of esters is 1. The molecular formula is C22H19N3O7S. The monoisotopic (exact) mass is 469 g/mol. The van der Waals surface area contributed by atoms with Crippen LogP contribution in [-0.4, -0.2) is 28.8 Å². The van der Waals surface area contributed by atoms with Gasteiger partial charge in [0.15, 0.2) is 0 Å². The summed E-state index contributed by atoms with van der Waals surface area (Å²) < 4.78 is 20.5. The van der Waals surface area contributed by atoms with Gasteiger partial charge in [-0.1, -0.05) is 11.2 Å². The molecule has 0 spiro atoms. The summed E-state index contributed by atoms with van der Waals surface area (Å²) in [6.07, 6.45) is -0.343. The number of fused-ring (bicyclic) bond motifs is 1.